The van der Waals surface area contributed by atoms with Gasteiger partial charge in [-0.3, -0.25) is 4.79 Å². The van der Waals surface area contributed by atoms with Crippen molar-refractivity contribution in [3.8, 4) is 0 Å². The minimum Gasteiger partial charge on any atom is -0.353 e. The number of aliphatic imine (C=N–C) groups is 1. The molecule has 1 atom stereocenters. The Morgan fingerprint density at radius 3 is 2.70 bits per heavy atom. The van der Waals surface area contributed by atoms with E-state index >= 15 is 0 Å². The zero-order valence-electron chi connectivity index (χ0n) is 13.6. The van der Waals surface area contributed by atoms with Crippen LogP contribution in [0.4, 0.5) is 11.4 Å². The molecule has 5 heteroatoms. The van der Waals surface area contributed by atoms with Crippen molar-refractivity contribution in [3.05, 3.63) is 36.4 Å². The number of amides is 1. The summed E-state index contributed by atoms with van der Waals surface area (Å²) < 4.78 is 0. The Balaban J connectivity index is 1.70. The maximum atomic E-state index is 12.0. The molecule has 0 aromatic heterocycles. The van der Waals surface area contributed by atoms with Crippen LogP contribution in [0.25, 0.3) is 10.8 Å². The van der Waals surface area contributed by atoms with Gasteiger partial charge in [-0.05, 0) is 30.4 Å². The summed E-state index contributed by atoms with van der Waals surface area (Å²) in [6.07, 6.45) is 0. The van der Waals surface area contributed by atoms with E-state index in [2.05, 4.69) is 41.6 Å². The van der Waals surface area contributed by atoms with Crippen LogP contribution >= 0.6 is 11.8 Å². The third kappa shape index (κ3) is 3.50. The highest BCUT2D eigenvalue weighted by atomic mass is 32.2. The largest absolute Gasteiger partial charge is 0.353 e. The van der Waals surface area contributed by atoms with E-state index in [0.717, 1.165) is 21.9 Å². The van der Waals surface area contributed by atoms with Crippen molar-refractivity contribution in [3.63, 3.8) is 0 Å². The quantitative estimate of drug-likeness (QED) is 0.887. The van der Waals surface area contributed by atoms with Crippen LogP contribution in [0.3, 0.4) is 0 Å². The number of benzene rings is 2. The summed E-state index contributed by atoms with van der Waals surface area (Å²) in [5, 5.41) is 9.41. The fourth-order valence-electron chi connectivity index (χ4n) is 2.44. The molecule has 1 amide bonds. The molecule has 120 valence electrons. The van der Waals surface area contributed by atoms with Crippen LogP contribution in [0.5, 0.6) is 0 Å². The van der Waals surface area contributed by atoms with Gasteiger partial charge in [-0.2, -0.15) is 0 Å². The van der Waals surface area contributed by atoms with E-state index in [1.54, 1.807) is 0 Å². The van der Waals surface area contributed by atoms with Crippen LogP contribution in [0, 0.1) is 5.92 Å². The molecule has 0 saturated heterocycles. The second-order valence-corrected chi connectivity index (χ2v) is 7.08. The molecule has 0 saturated carbocycles. The maximum absolute atomic E-state index is 12.0. The normalized spacial score (nSPS) is 14.3. The lowest BCUT2D eigenvalue weighted by Gasteiger charge is -2.19. The lowest BCUT2D eigenvalue weighted by molar-refractivity contribution is -0.119. The minimum absolute atomic E-state index is 0.0396. The SMILES string of the molecule is CC(C)[C@@H](C)NC(=O)CSC1=Nc2cccc3cccc(c23)N1. The zero-order valence-corrected chi connectivity index (χ0v) is 14.4. The van der Waals surface area contributed by atoms with E-state index in [9.17, 15) is 4.79 Å². The lowest BCUT2D eigenvalue weighted by atomic mass is 10.1. The van der Waals surface area contributed by atoms with Gasteiger partial charge >= 0.3 is 0 Å². The van der Waals surface area contributed by atoms with E-state index in [1.807, 2.05) is 31.2 Å². The fourth-order valence-corrected chi connectivity index (χ4v) is 3.13. The third-order valence-electron chi connectivity index (χ3n) is 4.07. The number of carbonyl (C=O) groups is 1. The Bertz CT molecular complexity index is 765. The molecule has 2 N–H and O–H groups in total. The minimum atomic E-state index is 0.0396. The van der Waals surface area contributed by atoms with E-state index in [4.69, 9.17) is 0 Å². The van der Waals surface area contributed by atoms with E-state index < -0.39 is 0 Å². The zero-order chi connectivity index (χ0) is 16.4. The molecule has 0 radical (unpaired) electrons. The third-order valence-corrected chi connectivity index (χ3v) is 4.95. The summed E-state index contributed by atoms with van der Waals surface area (Å²) in [4.78, 5) is 16.7. The van der Waals surface area contributed by atoms with Gasteiger partial charge in [0.2, 0.25) is 5.91 Å². The van der Waals surface area contributed by atoms with Crippen LogP contribution < -0.4 is 10.6 Å². The number of nitrogens with zero attached hydrogens (tertiary/aromatic N) is 1. The van der Waals surface area contributed by atoms with Gasteiger partial charge in [0, 0.05) is 11.4 Å². The predicted octanol–water partition coefficient (Wildman–Crippen LogP) is 4.15. The maximum Gasteiger partial charge on any atom is 0.230 e. The van der Waals surface area contributed by atoms with Gasteiger partial charge in [0.15, 0.2) is 5.17 Å². The summed E-state index contributed by atoms with van der Waals surface area (Å²) in [6.45, 7) is 6.23. The molecule has 1 heterocycles. The molecule has 0 spiro atoms. The number of rotatable bonds is 4. The first-order valence-electron chi connectivity index (χ1n) is 7.84. The van der Waals surface area contributed by atoms with Crippen molar-refractivity contribution in [2.75, 3.05) is 11.1 Å². The van der Waals surface area contributed by atoms with Gasteiger partial charge in [0.1, 0.15) is 0 Å². The van der Waals surface area contributed by atoms with Gasteiger partial charge in [-0.1, -0.05) is 49.9 Å². The molecule has 2 aromatic carbocycles. The van der Waals surface area contributed by atoms with E-state index in [1.165, 1.54) is 17.1 Å². The van der Waals surface area contributed by atoms with Crippen molar-refractivity contribution in [2.24, 2.45) is 10.9 Å². The predicted molar refractivity (Wildman–Crippen MR) is 99.6 cm³/mol. The monoisotopic (exact) mass is 327 g/mol. The first kappa shape index (κ1) is 15.9. The molecule has 23 heavy (non-hydrogen) atoms. The summed E-state index contributed by atoms with van der Waals surface area (Å²) in [5.41, 5.74) is 2.00. The van der Waals surface area contributed by atoms with Crippen LogP contribution in [0.15, 0.2) is 41.4 Å². The molecule has 0 unspecified atom stereocenters. The summed E-state index contributed by atoms with van der Waals surface area (Å²) >= 11 is 1.43. The Morgan fingerprint density at radius 1 is 1.22 bits per heavy atom. The van der Waals surface area contributed by atoms with Gasteiger partial charge < -0.3 is 10.6 Å². The van der Waals surface area contributed by atoms with Crippen molar-refractivity contribution in [1.29, 1.82) is 0 Å². The van der Waals surface area contributed by atoms with Crippen LogP contribution in [-0.2, 0) is 4.79 Å². The van der Waals surface area contributed by atoms with Gasteiger partial charge in [-0.15, -0.1) is 0 Å². The Morgan fingerprint density at radius 2 is 1.96 bits per heavy atom. The van der Waals surface area contributed by atoms with Crippen molar-refractivity contribution < 1.29 is 4.79 Å². The molecule has 0 aliphatic carbocycles. The second-order valence-electron chi connectivity index (χ2n) is 6.11. The van der Waals surface area contributed by atoms with Gasteiger partial charge in [0.25, 0.3) is 0 Å². The van der Waals surface area contributed by atoms with Crippen LogP contribution in [0.2, 0.25) is 0 Å². The molecule has 4 nitrogen and oxygen atoms in total. The standard InChI is InChI=1S/C18H21N3OS/c1-11(2)12(3)19-16(22)10-23-18-20-14-8-4-6-13-7-5-9-15(21-18)17(13)14/h4-9,11-12H,10H2,1-3H3,(H,19,22)(H,20,21)/t12-/m1/s1. The average Bonchev–Trinajstić information content (AvgIpc) is 2.53. The Labute approximate surface area is 140 Å². The summed E-state index contributed by atoms with van der Waals surface area (Å²) in [5.74, 6) is 0.831. The average molecular weight is 327 g/mol. The van der Waals surface area contributed by atoms with Gasteiger partial charge in [-0.25, -0.2) is 4.99 Å². The second kappa shape index (κ2) is 6.62. The number of carbonyl (C=O) groups excluding carboxylic acids is 1. The highest BCUT2D eigenvalue weighted by molar-refractivity contribution is 8.14. The smallest absolute Gasteiger partial charge is 0.230 e. The molecule has 0 bridgehead atoms. The van der Waals surface area contributed by atoms with E-state index in [0.29, 0.717) is 11.7 Å². The summed E-state index contributed by atoms with van der Waals surface area (Å²) in [6, 6.07) is 12.4. The number of hydrogen-bond acceptors (Lipinski definition) is 4. The first-order chi connectivity index (χ1) is 11.0. The van der Waals surface area contributed by atoms with E-state index in [-0.39, 0.29) is 11.9 Å². The highest BCUT2D eigenvalue weighted by Gasteiger charge is 2.16. The van der Waals surface area contributed by atoms with Crippen molar-refractivity contribution >= 4 is 45.0 Å². The molecular weight excluding hydrogens is 306 g/mol. The molecular formula is C18H21N3OS. The molecule has 1 aliphatic rings. The first-order valence-corrected chi connectivity index (χ1v) is 8.83. The topological polar surface area (TPSA) is 53.5 Å². The molecule has 2 aromatic rings. The van der Waals surface area contributed by atoms with Crippen LogP contribution in [-0.4, -0.2) is 22.9 Å². The molecule has 1 aliphatic heterocycles. The van der Waals surface area contributed by atoms with Crippen molar-refractivity contribution in [1.82, 2.24) is 5.32 Å². The number of hydrogen-bond donors (Lipinski definition) is 2. The number of amidine groups is 1. The van der Waals surface area contributed by atoms with Crippen LogP contribution in [0.1, 0.15) is 20.8 Å². The van der Waals surface area contributed by atoms with Gasteiger partial charge in [0.05, 0.1) is 17.1 Å². The summed E-state index contributed by atoms with van der Waals surface area (Å²) in [7, 11) is 0. The lowest BCUT2D eigenvalue weighted by Crippen LogP contribution is -2.37. The Hall–Kier alpha value is -2.01. The fraction of sp³-hybridized carbons (Fsp3) is 0.333. The Kier molecular flexibility index (Phi) is 4.57. The number of nitrogens with one attached hydrogen (secondary N) is 2. The highest BCUT2D eigenvalue weighted by Crippen LogP contribution is 2.36. The molecule has 3 rings (SSSR count). The number of anilines is 1. The number of thioether (sulfide) groups is 1. The van der Waals surface area contributed by atoms with Crippen molar-refractivity contribution in [2.45, 2.75) is 26.8 Å². The molecule has 0 fully saturated rings.